The molecule has 3 heterocycles. The lowest BCUT2D eigenvalue weighted by atomic mass is 10.0. The zero-order valence-corrected chi connectivity index (χ0v) is 25.9. The average Bonchev–Trinajstić information content (AvgIpc) is 2.96. The largest absolute Gasteiger partial charge is 0.422 e. The van der Waals surface area contributed by atoms with Crippen LogP contribution < -0.4 is 15.8 Å². The van der Waals surface area contributed by atoms with Gasteiger partial charge in [0.25, 0.3) is 5.56 Å². The number of aryl methyl sites for hydroxylation is 1. The second-order valence-electron chi connectivity index (χ2n) is 11.5. The molecular formula is C28H39F3N6O5Si. The van der Waals surface area contributed by atoms with Crippen molar-refractivity contribution in [2.75, 3.05) is 51.5 Å². The predicted octanol–water partition coefficient (Wildman–Crippen LogP) is 2.85. The second kappa shape index (κ2) is 15.5. The number of carbonyl (C=O) groups excluding carboxylic acids is 1. The van der Waals surface area contributed by atoms with Gasteiger partial charge < -0.3 is 24.4 Å². The molecule has 0 aromatic carbocycles. The summed E-state index contributed by atoms with van der Waals surface area (Å²) in [6.45, 7) is 7.69. The average molecular weight is 625 g/mol. The summed E-state index contributed by atoms with van der Waals surface area (Å²) in [5.41, 5.74) is -1.71. The molecule has 2 unspecified atom stereocenters. The molecular weight excluding hydrogens is 585 g/mol. The third-order valence-corrected chi connectivity index (χ3v) is 8.64. The number of hydrogen-bond donors (Lipinski definition) is 1. The summed E-state index contributed by atoms with van der Waals surface area (Å²) in [4.78, 5) is 31.9. The van der Waals surface area contributed by atoms with Crippen LogP contribution >= 0.6 is 0 Å². The second-order valence-corrected chi connectivity index (χ2v) is 17.1. The molecule has 2 atom stereocenters. The number of carbonyl (C=O) groups is 1. The Balaban J connectivity index is 1.61. The van der Waals surface area contributed by atoms with Crippen molar-refractivity contribution in [3.8, 4) is 6.07 Å². The lowest BCUT2D eigenvalue weighted by molar-refractivity contribution is -0.140. The maximum atomic E-state index is 13.9. The van der Waals surface area contributed by atoms with Gasteiger partial charge in [0.05, 0.1) is 30.1 Å². The Morgan fingerprint density at radius 1 is 1.28 bits per heavy atom. The van der Waals surface area contributed by atoms with Crippen molar-refractivity contribution in [3.05, 3.63) is 51.7 Å². The smallest absolute Gasteiger partial charge is 0.382 e. The number of halogens is 3. The number of nitrogens with zero attached hydrogens (tertiary/aromatic N) is 5. The van der Waals surface area contributed by atoms with Crippen LogP contribution in [0.15, 0.2) is 29.5 Å². The Bertz CT molecular complexity index is 1330. The molecule has 236 valence electrons. The minimum absolute atomic E-state index is 0.0423. The predicted molar refractivity (Wildman–Crippen MR) is 156 cm³/mol. The van der Waals surface area contributed by atoms with Crippen LogP contribution in [0.1, 0.15) is 23.1 Å². The normalized spacial score (nSPS) is 16.6. The summed E-state index contributed by atoms with van der Waals surface area (Å²) in [7, 11) is 0.0210. The monoisotopic (exact) mass is 624 g/mol. The van der Waals surface area contributed by atoms with Crippen LogP contribution in [0.5, 0.6) is 0 Å². The molecule has 0 amide bonds. The number of alkyl halides is 3. The van der Waals surface area contributed by atoms with E-state index in [-0.39, 0.29) is 44.1 Å². The van der Waals surface area contributed by atoms with Gasteiger partial charge in [-0.1, -0.05) is 19.6 Å². The number of methoxy groups -OCH3 is 1. The third kappa shape index (κ3) is 9.93. The van der Waals surface area contributed by atoms with Crippen LogP contribution in [0, 0.1) is 11.3 Å². The minimum atomic E-state index is -4.87. The highest BCUT2D eigenvalue weighted by molar-refractivity contribution is 6.76. The Hall–Kier alpha value is -3.16. The number of rotatable bonds is 15. The number of ether oxygens (including phenoxy) is 3. The molecule has 3 rings (SSSR count). The molecule has 11 nitrogen and oxygen atoms in total. The first-order valence-electron chi connectivity index (χ1n) is 14.1. The van der Waals surface area contributed by atoms with Crippen molar-refractivity contribution in [1.29, 1.82) is 5.26 Å². The summed E-state index contributed by atoms with van der Waals surface area (Å²) in [6, 6.07) is 4.02. The molecule has 1 N–H and O–H groups in total. The number of ketones is 1. The van der Waals surface area contributed by atoms with E-state index in [1.807, 2.05) is 4.90 Å². The first-order chi connectivity index (χ1) is 20.4. The molecule has 43 heavy (non-hydrogen) atoms. The topological polar surface area (TPSA) is 132 Å². The van der Waals surface area contributed by atoms with Crippen LogP contribution in [0.2, 0.25) is 25.7 Å². The molecule has 0 spiro atoms. The molecule has 0 saturated carbocycles. The van der Waals surface area contributed by atoms with Gasteiger partial charge in [-0.05, 0) is 30.5 Å². The highest BCUT2D eigenvalue weighted by Gasteiger charge is 2.38. The standard InChI is InChI=1S/C28H39F3N6O5Si/c1-40-18-24(26(38)22-17-36(10-9-34-22)23-7-8-33-15-21(23)14-32)42-11-5-6-20-16-35-37(19-41-12-13-43(2,3)4)27(39)25(20)28(29,30)31/h7-8,15-16,22,24,34H,5-6,9-13,17-19H2,1-4H3. The van der Waals surface area contributed by atoms with Crippen molar-refractivity contribution in [2.45, 2.75) is 63.6 Å². The quantitative estimate of drug-likeness (QED) is 0.233. The van der Waals surface area contributed by atoms with Gasteiger partial charge in [-0.3, -0.25) is 14.6 Å². The molecule has 2 aromatic rings. The lowest BCUT2D eigenvalue weighted by Gasteiger charge is -2.36. The van der Waals surface area contributed by atoms with Crippen LogP contribution in [0.4, 0.5) is 18.9 Å². The number of aromatic nitrogens is 3. The van der Waals surface area contributed by atoms with E-state index in [2.05, 4.69) is 41.1 Å². The van der Waals surface area contributed by atoms with Crippen LogP contribution in [-0.4, -0.2) is 87.3 Å². The number of piperazine rings is 1. The van der Waals surface area contributed by atoms with Gasteiger partial charge in [0.2, 0.25) is 0 Å². The Labute approximate surface area is 249 Å². The van der Waals surface area contributed by atoms with E-state index in [0.29, 0.717) is 42.2 Å². The fourth-order valence-electron chi connectivity index (χ4n) is 4.62. The van der Waals surface area contributed by atoms with E-state index in [9.17, 15) is 28.0 Å². The molecule has 1 saturated heterocycles. The third-order valence-electron chi connectivity index (χ3n) is 6.94. The van der Waals surface area contributed by atoms with Crippen LogP contribution in [0.3, 0.4) is 0 Å². The van der Waals surface area contributed by atoms with E-state index in [1.165, 1.54) is 13.3 Å². The Morgan fingerprint density at radius 2 is 2.05 bits per heavy atom. The number of hydrogen-bond acceptors (Lipinski definition) is 10. The molecule has 1 aliphatic rings. The van der Waals surface area contributed by atoms with Gasteiger partial charge >= 0.3 is 6.18 Å². The summed E-state index contributed by atoms with van der Waals surface area (Å²) in [5.74, 6) is -0.270. The summed E-state index contributed by atoms with van der Waals surface area (Å²) >= 11 is 0. The van der Waals surface area contributed by atoms with Gasteiger partial charge in [-0.25, -0.2) is 4.68 Å². The Morgan fingerprint density at radius 3 is 2.72 bits per heavy atom. The van der Waals surface area contributed by atoms with Crippen molar-refractivity contribution in [1.82, 2.24) is 20.1 Å². The number of pyridine rings is 1. The van der Waals surface area contributed by atoms with E-state index >= 15 is 0 Å². The van der Waals surface area contributed by atoms with Gasteiger partial charge in [-0.15, -0.1) is 0 Å². The molecule has 15 heteroatoms. The highest BCUT2D eigenvalue weighted by atomic mass is 28.3. The van der Waals surface area contributed by atoms with Gasteiger partial charge in [0.15, 0.2) is 5.78 Å². The first-order valence-corrected chi connectivity index (χ1v) is 17.8. The maximum absolute atomic E-state index is 13.9. The fourth-order valence-corrected chi connectivity index (χ4v) is 5.38. The number of nitriles is 1. The molecule has 1 fully saturated rings. The lowest BCUT2D eigenvalue weighted by Crippen LogP contribution is -2.57. The Kier molecular flexibility index (Phi) is 12.4. The fraction of sp³-hybridized carbons (Fsp3) is 0.607. The van der Waals surface area contributed by atoms with E-state index in [0.717, 1.165) is 12.2 Å². The van der Waals surface area contributed by atoms with Crippen molar-refractivity contribution < 1.29 is 32.2 Å². The van der Waals surface area contributed by atoms with Crippen molar-refractivity contribution >= 4 is 19.5 Å². The maximum Gasteiger partial charge on any atom is 0.422 e. The molecule has 0 bridgehead atoms. The SMILES string of the molecule is COCC(OCCCc1cnn(COCC[Si](C)(C)C)c(=O)c1C(F)(F)F)C(=O)C1CN(c2ccncc2C#N)CCN1. The van der Waals surface area contributed by atoms with E-state index in [1.54, 1.807) is 12.3 Å². The molecule has 1 aliphatic heterocycles. The van der Waals surface area contributed by atoms with E-state index in [4.69, 9.17) is 14.2 Å². The molecule has 2 aromatic heterocycles. The number of Topliss-reactive ketones (excluding diaryl/α,β-unsaturated/α-hetero) is 1. The summed E-state index contributed by atoms with van der Waals surface area (Å²) in [5, 5.41) is 16.5. The molecule has 0 aliphatic carbocycles. The van der Waals surface area contributed by atoms with Gasteiger partial charge in [-0.2, -0.15) is 23.5 Å². The minimum Gasteiger partial charge on any atom is -0.382 e. The first kappa shape index (κ1) is 34.3. The highest BCUT2D eigenvalue weighted by Crippen LogP contribution is 2.29. The van der Waals surface area contributed by atoms with Crippen molar-refractivity contribution in [3.63, 3.8) is 0 Å². The number of anilines is 1. The zero-order valence-electron chi connectivity index (χ0n) is 24.9. The van der Waals surface area contributed by atoms with Gasteiger partial charge in [0.1, 0.15) is 24.5 Å². The molecule has 0 radical (unpaired) electrons. The summed E-state index contributed by atoms with van der Waals surface area (Å²) in [6.07, 6.45) is -1.76. The van der Waals surface area contributed by atoms with E-state index < -0.39 is 37.5 Å². The van der Waals surface area contributed by atoms with Crippen LogP contribution in [0.25, 0.3) is 0 Å². The van der Waals surface area contributed by atoms with Gasteiger partial charge in [0, 0.05) is 60.4 Å². The van der Waals surface area contributed by atoms with Crippen molar-refractivity contribution in [2.24, 2.45) is 0 Å². The van der Waals surface area contributed by atoms with Crippen LogP contribution in [-0.2, 0) is 38.3 Å². The summed E-state index contributed by atoms with van der Waals surface area (Å²) < 4.78 is 58.7. The number of nitrogens with one attached hydrogen (secondary N) is 1. The zero-order chi connectivity index (χ0) is 31.6.